The van der Waals surface area contributed by atoms with E-state index in [-0.39, 0.29) is 17.5 Å². The molecule has 1 fully saturated rings. The summed E-state index contributed by atoms with van der Waals surface area (Å²) < 4.78 is 0. The molecule has 4 heteroatoms. The van der Waals surface area contributed by atoms with E-state index in [2.05, 4.69) is 17.1 Å². The SMILES string of the molecule is CC(CN1CCCCC1)NC(C)c1ccc(O)cc1O. The Hall–Kier alpha value is -1.26. The number of nitrogens with zero attached hydrogens (tertiary/aromatic N) is 1. The minimum absolute atomic E-state index is 0.0652. The molecule has 112 valence electrons. The molecule has 20 heavy (non-hydrogen) atoms. The predicted molar refractivity (Wildman–Crippen MR) is 81.1 cm³/mol. The summed E-state index contributed by atoms with van der Waals surface area (Å²) in [6, 6.07) is 5.22. The number of rotatable bonds is 5. The van der Waals surface area contributed by atoms with Crippen molar-refractivity contribution >= 4 is 0 Å². The molecule has 0 saturated carbocycles. The second kappa shape index (κ2) is 6.95. The molecule has 1 aliphatic heterocycles. The van der Waals surface area contributed by atoms with E-state index in [1.54, 1.807) is 12.1 Å². The Labute approximate surface area is 121 Å². The predicted octanol–water partition coefficient (Wildman–Crippen LogP) is 2.62. The van der Waals surface area contributed by atoms with Crippen LogP contribution in [0, 0.1) is 0 Å². The van der Waals surface area contributed by atoms with Gasteiger partial charge in [-0.2, -0.15) is 0 Å². The smallest absolute Gasteiger partial charge is 0.124 e. The normalized spacial score (nSPS) is 19.7. The Kier molecular flexibility index (Phi) is 5.26. The average molecular weight is 278 g/mol. The first-order chi connectivity index (χ1) is 9.56. The molecule has 1 aromatic carbocycles. The minimum atomic E-state index is 0.0652. The second-order valence-corrected chi connectivity index (χ2v) is 5.89. The van der Waals surface area contributed by atoms with Gasteiger partial charge >= 0.3 is 0 Å². The van der Waals surface area contributed by atoms with Crippen molar-refractivity contribution in [3.63, 3.8) is 0 Å². The molecular formula is C16H26N2O2. The van der Waals surface area contributed by atoms with E-state index < -0.39 is 0 Å². The maximum atomic E-state index is 9.89. The van der Waals surface area contributed by atoms with Crippen LogP contribution in [0.15, 0.2) is 18.2 Å². The van der Waals surface area contributed by atoms with Gasteiger partial charge in [-0.3, -0.25) is 0 Å². The van der Waals surface area contributed by atoms with Gasteiger partial charge in [0, 0.05) is 30.3 Å². The molecule has 0 amide bonds. The Bertz CT molecular complexity index is 430. The highest BCUT2D eigenvalue weighted by atomic mass is 16.3. The molecule has 0 aliphatic carbocycles. The molecule has 2 atom stereocenters. The quantitative estimate of drug-likeness (QED) is 0.775. The number of nitrogens with one attached hydrogen (secondary N) is 1. The summed E-state index contributed by atoms with van der Waals surface area (Å²) in [6.07, 6.45) is 3.97. The van der Waals surface area contributed by atoms with E-state index in [9.17, 15) is 10.2 Å². The van der Waals surface area contributed by atoms with Gasteiger partial charge in [0.15, 0.2) is 0 Å². The van der Waals surface area contributed by atoms with Crippen molar-refractivity contribution < 1.29 is 10.2 Å². The molecule has 0 radical (unpaired) electrons. The highest BCUT2D eigenvalue weighted by Gasteiger charge is 2.17. The van der Waals surface area contributed by atoms with Gasteiger partial charge in [-0.25, -0.2) is 0 Å². The highest BCUT2D eigenvalue weighted by molar-refractivity contribution is 5.40. The van der Waals surface area contributed by atoms with Crippen molar-refractivity contribution in [2.45, 2.75) is 45.2 Å². The van der Waals surface area contributed by atoms with Crippen molar-refractivity contribution in [1.29, 1.82) is 0 Å². The van der Waals surface area contributed by atoms with Crippen LogP contribution in [-0.4, -0.2) is 40.8 Å². The number of likely N-dealkylation sites (tertiary alicyclic amines) is 1. The number of hydrogen-bond donors (Lipinski definition) is 3. The van der Waals surface area contributed by atoms with Gasteiger partial charge in [0.2, 0.25) is 0 Å². The Balaban J connectivity index is 1.87. The lowest BCUT2D eigenvalue weighted by Crippen LogP contribution is -2.42. The van der Waals surface area contributed by atoms with E-state index >= 15 is 0 Å². The maximum absolute atomic E-state index is 9.89. The minimum Gasteiger partial charge on any atom is -0.508 e. The molecule has 1 heterocycles. The number of benzene rings is 1. The van der Waals surface area contributed by atoms with Crippen LogP contribution in [0.2, 0.25) is 0 Å². The molecule has 4 nitrogen and oxygen atoms in total. The maximum Gasteiger partial charge on any atom is 0.124 e. The van der Waals surface area contributed by atoms with Gasteiger partial charge in [-0.1, -0.05) is 12.5 Å². The number of piperidine rings is 1. The van der Waals surface area contributed by atoms with Crippen LogP contribution in [0.5, 0.6) is 11.5 Å². The van der Waals surface area contributed by atoms with Gasteiger partial charge < -0.3 is 20.4 Å². The molecule has 0 bridgehead atoms. The summed E-state index contributed by atoms with van der Waals surface area (Å²) in [5, 5.41) is 22.7. The summed E-state index contributed by atoms with van der Waals surface area (Å²) in [5.74, 6) is 0.245. The lowest BCUT2D eigenvalue weighted by molar-refractivity contribution is 0.205. The zero-order valence-corrected chi connectivity index (χ0v) is 12.5. The number of phenols is 2. The summed E-state index contributed by atoms with van der Waals surface area (Å²) in [6.45, 7) is 7.67. The van der Waals surface area contributed by atoms with Crippen LogP contribution in [0.3, 0.4) is 0 Å². The molecule has 2 rings (SSSR count). The Morgan fingerprint density at radius 1 is 1.15 bits per heavy atom. The van der Waals surface area contributed by atoms with E-state index in [0.29, 0.717) is 6.04 Å². The van der Waals surface area contributed by atoms with Crippen LogP contribution < -0.4 is 5.32 Å². The van der Waals surface area contributed by atoms with E-state index in [1.807, 2.05) is 6.92 Å². The lowest BCUT2D eigenvalue weighted by atomic mass is 10.1. The van der Waals surface area contributed by atoms with Crippen LogP contribution in [0.1, 0.15) is 44.7 Å². The molecule has 2 unspecified atom stereocenters. The third kappa shape index (κ3) is 4.12. The first kappa shape index (κ1) is 15.1. The zero-order valence-electron chi connectivity index (χ0n) is 12.5. The van der Waals surface area contributed by atoms with Crippen LogP contribution in [-0.2, 0) is 0 Å². The van der Waals surface area contributed by atoms with Crippen LogP contribution in [0.4, 0.5) is 0 Å². The fourth-order valence-electron chi connectivity index (χ4n) is 3.00. The first-order valence-corrected chi connectivity index (χ1v) is 7.56. The lowest BCUT2D eigenvalue weighted by Gasteiger charge is -2.30. The summed E-state index contributed by atoms with van der Waals surface area (Å²) in [5.41, 5.74) is 0.827. The van der Waals surface area contributed by atoms with Crippen molar-refractivity contribution in [2.75, 3.05) is 19.6 Å². The third-order valence-electron chi connectivity index (χ3n) is 4.00. The molecule has 1 aliphatic rings. The molecular weight excluding hydrogens is 252 g/mol. The third-order valence-corrected chi connectivity index (χ3v) is 4.00. The molecule has 0 aromatic heterocycles. The second-order valence-electron chi connectivity index (χ2n) is 5.89. The fourth-order valence-corrected chi connectivity index (χ4v) is 3.00. The highest BCUT2D eigenvalue weighted by Crippen LogP contribution is 2.28. The fraction of sp³-hybridized carbons (Fsp3) is 0.625. The van der Waals surface area contributed by atoms with Gasteiger partial charge in [0.1, 0.15) is 11.5 Å². The number of phenolic OH excluding ortho intramolecular Hbond substituents is 2. The molecule has 0 spiro atoms. The standard InChI is InChI=1S/C16H26N2O2/c1-12(11-18-8-4-3-5-9-18)17-13(2)15-7-6-14(19)10-16(15)20/h6-7,10,12-13,17,19-20H,3-5,8-9,11H2,1-2H3. The Morgan fingerprint density at radius 3 is 2.50 bits per heavy atom. The van der Waals surface area contributed by atoms with Crippen LogP contribution >= 0.6 is 0 Å². The number of aromatic hydroxyl groups is 2. The van der Waals surface area contributed by atoms with Crippen molar-refractivity contribution in [2.24, 2.45) is 0 Å². The van der Waals surface area contributed by atoms with Gasteiger partial charge in [0.05, 0.1) is 0 Å². The zero-order chi connectivity index (χ0) is 14.5. The van der Waals surface area contributed by atoms with E-state index in [0.717, 1.165) is 12.1 Å². The molecule has 1 saturated heterocycles. The average Bonchev–Trinajstić information content (AvgIpc) is 2.39. The largest absolute Gasteiger partial charge is 0.508 e. The molecule has 1 aromatic rings. The van der Waals surface area contributed by atoms with Gasteiger partial charge in [-0.05, 0) is 45.8 Å². The van der Waals surface area contributed by atoms with E-state index in [4.69, 9.17) is 0 Å². The van der Waals surface area contributed by atoms with Crippen molar-refractivity contribution in [3.05, 3.63) is 23.8 Å². The van der Waals surface area contributed by atoms with Gasteiger partial charge in [0.25, 0.3) is 0 Å². The summed E-state index contributed by atoms with van der Waals surface area (Å²) >= 11 is 0. The first-order valence-electron chi connectivity index (χ1n) is 7.56. The topological polar surface area (TPSA) is 55.7 Å². The van der Waals surface area contributed by atoms with Crippen molar-refractivity contribution in [1.82, 2.24) is 10.2 Å². The monoisotopic (exact) mass is 278 g/mol. The van der Waals surface area contributed by atoms with E-state index in [1.165, 1.54) is 38.4 Å². The Morgan fingerprint density at radius 2 is 1.85 bits per heavy atom. The number of hydrogen-bond acceptors (Lipinski definition) is 4. The summed E-state index contributed by atoms with van der Waals surface area (Å²) in [7, 11) is 0. The van der Waals surface area contributed by atoms with Gasteiger partial charge in [-0.15, -0.1) is 0 Å². The van der Waals surface area contributed by atoms with Crippen molar-refractivity contribution in [3.8, 4) is 11.5 Å². The van der Waals surface area contributed by atoms with Crippen LogP contribution in [0.25, 0.3) is 0 Å². The summed E-state index contributed by atoms with van der Waals surface area (Å²) in [4.78, 5) is 2.50. The molecule has 3 N–H and O–H groups in total.